The van der Waals surface area contributed by atoms with Gasteiger partial charge in [0, 0.05) is 23.4 Å². The standard InChI is InChI=1S/C19H15N5O4/c25-17(21-13-6-8-14(9-7-13)24(27)28)10-16-19(26)22-18-15(11-20-23(16)18)12-4-2-1-3-5-12/h1-9,11,16H,10H2,(H,21,25)(H,22,26). The fourth-order valence-corrected chi connectivity index (χ4v) is 3.10. The van der Waals surface area contributed by atoms with Gasteiger partial charge in [-0.25, -0.2) is 4.68 Å². The summed E-state index contributed by atoms with van der Waals surface area (Å²) in [6, 6.07) is 14.2. The molecule has 1 aliphatic heterocycles. The Morgan fingerprint density at radius 3 is 2.57 bits per heavy atom. The van der Waals surface area contributed by atoms with Gasteiger partial charge in [0.25, 0.3) is 11.6 Å². The highest BCUT2D eigenvalue weighted by atomic mass is 16.6. The molecule has 2 heterocycles. The molecule has 0 bridgehead atoms. The van der Waals surface area contributed by atoms with Crippen LogP contribution in [-0.2, 0) is 9.59 Å². The molecule has 1 unspecified atom stereocenters. The number of nitro benzene ring substituents is 1. The second-order valence-corrected chi connectivity index (χ2v) is 6.28. The first-order chi connectivity index (χ1) is 13.5. The van der Waals surface area contributed by atoms with Crippen molar-refractivity contribution in [1.29, 1.82) is 0 Å². The van der Waals surface area contributed by atoms with Crippen molar-refractivity contribution >= 4 is 29.0 Å². The van der Waals surface area contributed by atoms with Crippen LogP contribution in [0.3, 0.4) is 0 Å². The van der Waals surface area contributed by atoms with Gasteiger partial charge in [0.1, 0.15) is 11.9 Å². The molecule has 0 saturated heterocycles. The molecule has 0 spiro atoms. The molecule has 9 nitrogen and oxygen atoms in total. The van der Waals surface area contributed by atoms with Crippen molar-refractivity contribution in [3.05, 3.63) is 70.9 Å². The number of aromatic nitrogens is 2. The molecule has 0 fully saturated rings. The second kappa shape index (κ2) is 6.95. The number of benzene rings is 2. The molecule has 4 rings (SSSR count). The van der Waals surface area contributed by atoms with Crippen LogP contribution in [0.2, 0.25) is 0 Å². The van der Waals surface area contributed by atoms with Crippen LogP contribution in [0.4, 0.5) is 17.2 Å². The molecule has 140 valence electrons. The number of nitrogens with one attached hydrogen (secondary N) is 2. The number of fused-ring (bicyclic) bond motifs is 1. The number of hydrogen-bond acceptors (Lipinski definition) is 5. The van der Waals surface area contributed by atoms with Crippen molar-refractivity contribution in [3.63, 3.8) is 0 Å². The van der Waals surface area contributed by atoms with E-state index < -0.39 is 16.9 Å². The van der Waals surface area contributed by atoms with E-state index >= 15 is 0 Å². The van der Waals surface area contributed by atoms with E-state index in [0.717, 1.165) is 11.1 Å². The molecular weight excluding hydrogens is 362 g/mol. The van der Waals surface area contributed by atoms with Crippen LogP contribution >= 0.6 is 0 Å². The lowest BCUT2D eigenvalue weighted by Gasteiger charge is -2.09. The molecule has 1 aliphatic rings. The highest BCUT2D eigenvalue weighted by molar-refractivity contribution is 6.04. The van der Waals surface area contributed by atoms with E-state index in [0.29, 0.717) is 11.5 Å². The Labute approximate surface area is 159 Å². The zero-order chi connectivity index (χ0) is 19.7. The van der Waals surface area contributed by atoms with Crippen molar-refractivity contribution in [3.8, 4) is 11.1 Å². The summed E-state index contributed by atoms with van der Waals surface area (Å²) in [4.78, 5) is 34.9. The number of hydrogen-bond donors (Lipinski definition) is 2. The Kier molecular flexibility index (Phi) is 4.32. The molecule has 0 aliphatic carbocycles. The van der Waals surface area contributed by atoms with Crippen molar-refractivity contribution < 1.29 is 14.5 Å². The third kappa shape index (κ3) is 3.20. The summed E-state index contributed by atoms with van der Waals surface area (Å²) in [7, 11) is 0. The van der Waals surface area contributed by atoms with Crippen molar-refractivity contribution in [2.75, 3.05) is 10.6 Å². The van der Waals surface area contributed by atoms with E-state index in [4.69, 9.17) is 0 Å². The molecule has 2 amide bonds. The fourth-order valence-electron chi connectivity index (χ4n) is 3.10. The van der Waals surface area contributed by atoms with E-state index in [1.54, 1.807) is 6.20 Å². The molecule has 9 heteroatoms. The zero-order valence-electron chi connectivity index (χ0n) is 14.5. The Bertz CT molecular complexity index is 1060. The topological polar surface area (TPSA) is 119 Å². The van der Waals surface area contributed by atoms with Crippen LogP contribution < -0.4 is 10.6 Å². The van der Waals surface area contributed by atoms with Crippen LogP contribution in [0.15, 0.2) is 60.8 Å². The maximum atomic E-state index is 12.4. The summed E-state index contributed by atoms with van der Waals surface area (Å²) in [5.41, 5.74) is 2.05. The van der Waals surface area contributed by atoms with Gasteiger partial charge in [-0.2, -0.15) is 5.10 Å². The molecule has 28 heavy (non-hydrogen) atoms. The van der Waals surface area contributed by atoms with Crippen molar-refractivity contribution in [1.82, 2.24) is 9.78 Å². The minimum atomic E-state index is -0.759. The van der Waals surface area contributed by atoms with E-state index in [2.05, 4.69) is 15.7 Å². The SMILES string of the molecule is O=C(CC1C(=O)Nc2c(-c3ccccc3)cnn21)Nc1ccc([N+](=O)[O-])cc1. The predicted octanol–water partition coefficient (Wildman–Crippen LogP) is 2.98. The first kappa shape index (κ1) is 17.4. The Morgan fingerprint density at radius 2 is 1.89 bits per heavy atom. The number of nitro groups is 1. The van der Waals surface area contributed by atoms with Crippen LogP contribution in [0.25, 0.3) is 11.1 Å². The number of anilines is 2. The number of carbonyl (C=O) groups is 2. The number of nitrogens with zero attached hydrogens (tertiary/aromatic N) is 3. The maximum Gasteiger partial charge on any atom is 0.269 e. The average molecular weight is 377 g/mol. The summed E-state index contributed by atoms with van der Waals surface area (Å²) in [5, 5.41) is 20.4. The fraction of sp³-hybridized carbons (Fsp3) is 0.105. The summed E-state index contributed by atoms with van der Waals surface area (Å²) < 4.78 is 1.51. The first-order valence-corrected chi connectivity index (χ1v) is 8.51. The van der Waals surface area contributed by atoms with Crippen LogP contribution in [-0.4, -0.2) is 26.5 Å². The molecule has 2 aromatic carbocycles. The molecule has 1 atom stereocenters. The summed E-state index contributed by atoms with van der Waals surface area (Å²) in [6.07, 6.45) is 1.55. The Hall–Kier alpha value is -4.01. The van der Waals surface area contributed by atoms with Gasteiger partial charge in [-0.15, -0.1) is 0 Å². The summed E-state index contributed by atoms with van der Waals surface area (Å²) in [6.45, 7) is 0. The lowest BCUT2D eigenvalue weighted by Crippen LogP contribution is -2.23. The van der Waals surface area contributed by atoms with E-state index in [-0.39, 0.29) is 18.0 Å². The predicted molar refractivity (Wildman–Crippen MR) is 102 cm³/mol. The van der Waals surface area contributed by atoms with Crippen molar-refractivity contribution in [2.45, 2.75) is 12.5 Å². The van der Waals surface area contributed by atoms with Gasteiger partial charge in [0.15, 0.2) is 0 Å². The van der Waals surface area contributed by atoms with Gasteiger partial charge in [-0.05, 0) is 17.7 Å². The van der Waals surface area contributed by atoms with E-state index in [1.807, 2.05) is 30.3 Å². The van der Waals surface area contributed by atoms with Gasteiger partial charge in [-0.3, -0.25) is 19.7 Å². The highest BCUT2D eigenvalue weighted by Gasteiger charge is 2.35. The molecule has 0 saturated carbocycles. The zero-order valence-corrected chi connectivity index (χ0v) is 14.5. The van der Waals surface area contributed by atoms with E-state index in [1.165, 1.54) is 28.9 Å². The lowest BCUT2D eigenvalue weighted by atomic mass is 10.1. The molecule has 1 aromatic heterocycles. The first-order valence-electron chi connectivity index (χ1n) is 8.51. The quantitative estimate of drug-likeness (QED) is 0.523. The summed E-state index contributed by atoms with van der Waals surface area (Å²) in [5.74, 6) is -0.137. The monoisotopic (exact) mass is 377 g/mol. The van der Waals surface area contributed by atoms with Crippen LogP contribution in [0.5, 0.6) is 0 Å². The molecular formula is C19H15N5O4. The summed E-state index contributed by atoms with van der Waals surface area (Å²) >= 11 is 0. The van der Waals surface area contributed by atoms with E-state index in [9.17, 15) is 19.7 Å². The van der Waals surface area contributed by atoms with Gasteiger partial charge < -0.3 is 10.6 Å². The third-order valence-corrected chi connectivity index (χ3v) is 4.46. The highest BCUT2D eigenvalue weighted by Crippen LogP contribution is 2.35. The van der Waals surface area contributed by atoms with Gasteiger partial charge in [-0.1, -0.05) is 30.3 Å². The molecule has 0 radical (unpaired) electrons. The van der Waals surface area contributed by atoms with Crippen LogP contribution in [0, 0.1) is 10.1 Å². The lowest BCUT2D eigenvalue weighted by molar-refractivity contribution is -0.384. The number of rotatable bonds is 5. The minimum Gasteiger partial charge on any atom is -0.326 e. The average Bonchev–Trinajstić information content (AvgIpc) is 3.22. The molecule has 3 aromatic rings. The normalized spacial score (nSPS) is 15.0. The largest absolute Gasteiger partial charge is 0.326 e. The maximum absolute atomic E-state index is 12.4. The van der Waals surface area contributed by atoms with Gasteiger partial charge in [0.05, 0.1) is 17.5 Å². The second-order valence-electron chi connectivity index (χ2n) is 6.28. The van der Waals surface area contributed by atoms with Gasteiger partial charge >= 0.3 is 0 Å². The minimum absolute atomic E-state index is 0.0669. The smallest absolute Gasteiger partial charge is 0.269 e. The number of carbonyl (C=O) groups excluding carboxylic acids is 2. The Balaban J connectivity index is 1.49. The number of amides is 2. The molecule has 2 N–H and O–H groups in total. The Morgan fingerprint density at radius 1 is 1.18 bits per heavy atom. The number of non-ortho nitro benzene ring substituents is 1. The van der Waals surface area contributed by atoms with Gasteiger partial charge in [0.2, 0.25) is 5.91 Å². The van der Waals surface area contributed by atoms with Crippen LogP contribution in [0.1, 0.15) is 12.5 Å². The third-order valence-electron chi connectivity index (χ3n) is 4.46. The van der Waals surface area contributed by atoms with Crippen molar-refractivity contribution in [2.24, 2.45) is 0 Å².